The zero-order valence-electron chi connectivity index (χ0n) is 14.1. The number of nitrogens with zero attached hydrogens (tertiary/aromatic N) is 3. The Balaban J connectivity index is 1.62. The van der Waals surface area contributed by atoms with Crippen LogP contribution in [0, 0.1) is 6.92 Å². The molecule has 0 spiro atoms. The lowest BCUT2D eigenvalue weighted by atomic mass is 10.1. The zero-order chi connectivity index (χ0) is 17.2. The van der Waals surface area contributed by atoms with Gasteiger partial charge in [0.2, 0.25) is 0 Å². The molecule has 1 N–H and O–H groups in total. The second kappa shape index (κ2) is 6.55. The number of anilines is 1. The molecule has 2 aromatic heterocycles. The summed E-state index contributed by atoms with van der Waals surface area (Å²) in [6.07, 6.45) is 7.89. The van der Waals surface area contributed by atoms with Crippen molar-refractivity contribution in [3.05, 3.63) is 53.9 Å². The van der Waals surface area contributed by atoms with Crippen LogP contribution in [0.4, 0.5) is 5.82 Å². The van der Waals surface area contributed by atoms with Crippen molar-refractivity contribution < 1.29 is 9.32 Å². The third-order valence-electron chi connectivity index (χ3n) is 4.73. The molecular weight excluding hydrogens is 316 g/mol. The summed E-state index contributed by atoms with van der Waals surface area (Å²) in [5.41, 5.74) is 2.20. The van der Waals surface area contributed by atoms with Gasteiger partial charge in [0.1, 0.15) is 11.4 Å². The van der Waals surface area contributed by atoms with Crippen LogP contribution < -0.4 is 5.32 Å². The number of carbonyl (C=O) groups is 1. The lowest BCUT2D eigenvalue weighted by Gasteiger charge is -2.15. The van der Waals surface area contributed by atoms with Crippen molar-refractivity contribution >= 4 is 11.7 Å². The minimum atomic E-state index is -0.233. The van der Waals surface area contributed by atoms with Gasteiger partial charge in [-0.15, -0.1) is 0 Å². The Morgan fingerprint density at radius 3 is 2.72 bits per heavy atom. The van der Waals surface area contributed by atoms with E-state index in [0.29, 0.717) is 17.4 Å². The SMILES string of the molecule is Cc1cnn(C2CCCC2)c1NC(=O)c1cnoc1-c1ccccc1. The van der Waals surface area contributed by atoms with Crippen LogP contribution in [0.1, 0.15) is 47.6 Å². The van der Waals surface area contributed by atoms with Gasteiger partial charge in [-0.25, -0.2) is 4.68 Å². The Morgan fingerprint density at radius 1 is 1.20 bits per heavy atom. The largest absolute Gasteiger partial charge is 0.355 e. The highest BCUT2D eigenvalue weighted by atomic mass is 16.5. The standard InChI is InChI=1S/C19H20N4O2/c1-13-11-20-23(15-9-5-6-10-15)18(13)22-19(24)16-12-21-25-17(16)14-7-3-2-4-8-14/h2-4,7-8,11-12,15H,5-6,9-10H2,1H3,(H,22,24). The molecule has 6 nitrogen and oxygen atoms in total. The second-order valence-electron chi connectivity index (χ2n) is 6.45. The van der Waals surface area contributed by atoms with E-state index in [0.717, 1.165) is 29.8 Å². The molecule has 0 bridgehead atoms. The van der Waals surface area contributed by atoms with E-state index in [1.54, 1.807) is 6.20 Å². The smallest absolute Gasteiger partial charge is 0.262 e. The molecule has 0 unspecified atom stereocenters. The molecule has 128 valence electrons. The van der Waals surface area contributed by atoms with E-state index in [2.05, 4.69) is 15.6 Å². The van der Waals surface area contributed by atoms with Crippen LogP contribution in [0.5, 0.6) is 0 Å². The van der Waals surface area contributed by atoms with E-state index in [1.165, 1.54) is 19.0 Å². The van der Waals surface area contributed by atoms with E-state index >= 15 is 0 Å². The molecule has 1 aliphatic carbocycles. The summed E-state index contributed by atoms with van der Waals surface area (Å²) in [7, 11) is 0. The first-order valence-electron chi connectivity index (χ1n) is 8.59. The highest BCUT2D eigenvalue weighted by molar-refractivity contribution is 6.07. The van der Waals surface area contributed by atoms with E-state index in [4.69, 9.17) is 4.52 Å². The minimum Gasteiger partial charge on any atom is -0.355 e. The molecule has 0 atom stereocenters. The Bertz CT molecular complexity index is 876. The molecule has 1 aliphatic rings. The number of hydrogen-bond donors (Lipinski definition) is 1. The van der Waals surface area contributed by atoms with E-state index in [1.807, 2.05) is 41.9 Å². The molecule has 1 saturated carbocycles. The first kappa shape index (κ1) is 15.6. The van der Waals surface area contributed by atoms with Crippen LogP contribution in [0.3, 0.4) is 0 Å². The van der Waals surface area contributed by atoms with Crippen LogP contribution >= 0.6 is 0 Å². The van der Waals surface area contributed by atoms with Crippen LogP contribution in [-0.4, -0.2) is 20.8 Å². The number of nitrogens with one attached hydrogen (secondary N) is 1. The number of rotatable bonds is 4. The van der Waals surface area contributed by atoms with Crippen molar-refractivity contribution in [2.24, 2.45) is 0 Å². The predicted octanol–water partition coefficient (Wildman–Crippen LogP) is 4.21. The number of aromatic nitrogens is 3. The fraction of sp³-hybridized carbons (Fsp3) is 0.316. The van der Waals surface area contributed by atoms with E-state index < -0.39 is 0 Å². The van der Waals surface area contributed by atoms with Gasteiger partial charge in [0.15, 0.2) is 5.76 Å². The van der Waals surface area contributed by atoms with Crippen molar-refractivity contribution in [3.8, 4) is 11.3 Å². The van der Waals surface area contributed by atoms with Crippen LogP contribution in [-0.2, 0) is 0 Å². The van der Waals surface area contributed by atoms with Gasteiger partial charge in [-0.3, -0.25) is 4.79 Å². The first-order valence-corrected chi connectivity index (χ1v) is 8.59. The minimum absolute atomic E-state index is 0.233. The second-order valence-corrected chi connectivity index (χ2v) is 6.45. The number of amides is 1. The van der Waals surface area contributed by atoms with Crippen molar-refractivity contribution in [2.45, 2.75) is 38.6 Å². The van der Waals surface area contributed by atoms with Gasteiger partial charge in [0, 0.05) is 11.1 Å². The average molecular weight is 336 g/mol. The highest BCUT2D eigenvalue weighted by Gasteiger charge is 2.24. The van der Waals surface area contributed by atoms with Gasteiger partial charge in [-0.2, -0.15) is 5.10 Å². The van der Waals surface area contributed by atoms with Gasteiger partial charge in [-0.05, 0) is 19.8 Å². The maximum Gasteiger partial charge on any atom is 0.262 e. The third kappa shape index (κ3) is 2.95. The third-order valence-corrected chi connectivity index (χ3v) is 4.73. The fourth-order valence-corrected chi connectivity index (χ4v) is 3.40. The molecule has 1 aromatic carbocycles. The summed E-state index contributed by atoms with van der Waals surface area (Å²) in [4.78, 5) is 12.8. The molecular formula is C19H20N4O2. The number of benzene rings is 1. The molecule has 3 aromatic rings. The Labute approximate surface area is 145 Å². The summed E-state index contributed by atoms with van der Waals surface area (Å²) in [6, 6.07) is 9.87. The van der Waals surface area contributed by atoms with E-state index in [-0.39, 0.29) is 5.91 Å². The van der Waals surface area contributed by atoms with Crippen LogP contribution in [0.15, 0.2) is 47.2 Å². The lowest BCUT2D eigenvalue weighted by molar-refractivity contribution is 0.102. The summed E-state index contributed by atoms with van der Waals surface area (Å²) in [5.74, 6) is 1.00. The maximum absolute atomic E-state index is 12.8. The fourth-order valence-electron chi connectivity index (χ4n) is 3.40. The van der Waals surface area contributed by atoms with Gasteiger partial charge >= 0.3 is 0 Å². The van der Waals surface area contributed by atoms with E-state index in [9.17, 15) is 4.79 Å². The molecule has 0 aliphatic heterocycles. The van der Waals surface area contributed by atoms with Crippen molar-refractivity contribution in [1.29, 1.82) is 0 Å². The molecule has 2 heterocycles. The summed E-state index contributed by atoms with van der Waals surface area (Å²) in [6.45, 7) is 1.96. The molecule has 1 amide bonds. The number of carbonyl (C=O) groups excluding carboxylic acids is 1. The molecule has 4 rings (SSSR count). The quantitative estimate of drug-likeness (QED) is 0.774. The molecule has 25 heavy (non-hydrogen) atoms. The van der Waals surface area contributed by atoms with Crippen LogP contribution in [0.2, 0.25) is 0 Å². The molecule has 6 heteroatoms. The maximum atomic E-state index is 12.8. The Kier molecular flexibility index (Phi) is 4.09. The van der Waals surface area contributed by atoms with Gasteiger partial charge in [0.25, 0.3) is 5.91 Å². The van der Waals surface area contributed by atoms with Crippen molar-refractivity contribution in [1.82, 2.24) is 14.9 Å². The van der Waals surface area contributed by atoms with Crippen LogP contribution in [0.25, 0.3) is 11.3 Å². The van der Waals surface area contributed by atoms with Gasteiger partial charge in [-0.1, -0.05) is 48.3 Å². The van der Waals surface area contributed by atoms with Gasteiger partial charge in [0.05, 0.1) is 18.4 Å². The Hall–Kier alpha value is -2.89. The normalized spacial score (nSPS) is 14.8. The summed E-state index contributed by atoms with van der Waals surface area (Å²) < 4.78 is 7.27. The topological polar surface area (TPSA) is 73.0 Å². The molecule has 1 fully saturated rings. The average Bonchev–Trinajstić information content (AvgIpc) is 3.37. The predicted molar refractivity (Wildman–Crippen MR) is 94.4 cm³/mol. The Morgan fingerprint density at radius 2 is 1.96 bits per heavy atom. The summed E-state index contributed by atoms with van der Waals surface area (Å²) in [5, 5.41) is 11.3. The first-order chi connectivity index (χ1) is 12.2. The number of aryl methyl sites for hydroxylation is 1. The van der Waals surface area contributed by atoms with Crippen molar-refractivity contribution in [3.63, 3.8) is 0 Å². The number of hydrogen-bond acceptors (Lipinski definition) is 4. The molecule has 0 radical (unpaired) electrons. The van der Waals surface area contributed by atoms with Gasteiger partial charge < -0.3 is 9.84 Å². The monoisotopic (exact) mass is 336 g/mol. The summed E-state index contributed by atoms with van der Waals surface area (Å²) >= 11 is 0. The van der Waals surface area contributed by atoms with Crippen molar-refractivity contribution in [2.75, 3.05) is 5.32 Å². The highest BCUT2D eigenvalue weighted by Crippen LogP contribution is 2.33. The molecule has 0 saturated heterocycles. The lowest BCUT2D eigenvalue weighted by Crippen LogP contribution is -2.18. The zero-order valence-corrected chi connectivity index (χ0v) is 14.1.